The second-order valence-electron chi connectivity index (χ2n) is 6.89. The normalized spacial score (nSPS) is 18.0. The number of hydrogen-bond donors (Lipinski definition) is 2. The smallest absolute Gasteiger partial charge is 0.191 e. The Kier molecular flexibility index (Phi) is 12.3. The van der Waals surface area contributed by atoms with E-state index in [4.69, 9.17) is 9.73 Å². The maximum absolute atomic E-state index is 5.52. The van der Waals surface area contributed by atoms with E-state index in [-0.39, 0.29) is 29.5 Å². The molecule has 1 aliphatic heterocycles. The monoisotopic (exact) mass is 440 g/mol. The largest absolute Gasteiger partial charge is 0.381 e. The van der Waals surface area contributed by atoms with Crippen LogP contribution >= 0.6 is 24.0 Å². The first kappa shape index (κ1) is 22.9. The summed E-state index contributed by atoms with van der Waals surface area (Å²) in [6, 6.07) is 0. The number of nitrogens with one attached hydrogen (secondary N) is 2. The first-order chi connectivity index (χ1) is 10.5. The highest BCUT2D eigenvalue weighted by Gasteiger charge is 2.34. The Morgan fingerprint density at radius 1 is 1.22 bits per heavy atom. The molecule has 2 N–H and O–H groups in total. The molecule has 0 amide bonds. The third kappa shape index (κ3) is 8.54. The third-order valence-electron chi connectivity index (χ3n) is 4.50. The van der Waals surface area contributed by atoms with Crippen molar-refractivity contribution in [2.24, 2.45) is 10.9 Å². The van der Waals surface area contributed by atoms with Gasteiger partial charge in [-0.15, -0.1) is 24.0 Å². The minimum absolute atomic E-state index is 0. The van der Waals surface area contributed by atoms with E-state index in [2.05, 4.69) is 50.4 Å². The lowest BCUT2D eigenvalue weighted by molar-refractivity contribution is -0.00254. The zero-order valence-electron chi connectivity index (χ0n) is 15.7. The summed E-state index contributed by atoms with van der Waals surface area (Å²) < 4.78 is 5.52. The Morgan fingerprint density at radius 3 is 2.39 bits per heavy atom. The van der Waals surface area contributed by atoms with Crippen LogP contribution in [0.3, 0.4) is 0 Å². The number of halogens is 1. The summed E-state index contributed by atoms with van der Waals surface area (Å²) in [6.45, 7) is 11.0. The van der Waals surface area contributed by atoms with Crippen LogP contribution in [0.4, 0.5) is 0 Å². The molecule has 138 valence electrons. The summed E-state index contributed by atoms with van der Waals surface area (Å²) in [4.78, 5) is 7.17. The molecule has 0 radical (unpaired) electrons. The van der Waals surface area contributed by atoms with E-state index >= 15 is 0 Å². The van der Waals surface area contributed by atoms with Crippen LogP contribution in [-0.2, 0) is 4.74 Å². The fourth-order valence-electron chi connectivity index (χ4n) is 2.78. The molecule has 1 fully saturated rings. The van der Waals surface area contributed by atoms with E-state index in [1.54, 1.807) is 0 Å². The molecule has 1 saturated heterocycles. The van der Waals surface area contributed by atoms with Gasteiger partial charge in [-0.3, -0.25) is 4.99 Å². The van der Waals surface area contributed by atoms with Crippen molar-refractivity contribution in [1.82, 2.24) is 15.5 Å². The number of guanidine groups is 1. The average molecular weight is 440 g/mol. The molecular weight excluding hydrogens is 403 g/mol. The molecular formula is C17H37IN4O. The lowest BCUT2D eigenvalue weighted by Gasteiger charge is -2.41. The predicted octanol–water partition coefficient (Wildman–Crippen LogP) is 2.71. The number of likely N-dealkylation sites (N-methyl/N-ethyl adjacent to an activating group) is 1. The van der Waals surface area contributed by atoms with Crippen LogP contribution in [-0.4, -0.2) is 63.3 Å². The van der Waals surface area contributed by atoms with Crippen LogP contribution in [0.25, 0.3) is 0 Å². The highest BCUT2D eigenvalue weighted by molar-refractivity contribution is 14.0. The van der Waals surface area contributed by atoms with Crippen molar-refractivity contribution in [2.45, 2.75) is 52.0 Å². The Hall–Kier alpha value is -0.0800. The third-order valence-corrected chi connectivity index (χ3v) is 4.50. The molecule has 0 atom stereocenters. The predicted molar refractivity (Wildman–Crippen MR) is 110 cm³/mol. The quantitative estimate of drug-likeness (QED) is 0.264. The molecule has 1 aliphatic rings. The fraction of sp³-hybridized carbons (Fsp3) is 0.941. The molecule has 0 unspecified atom stereocenters. The van der Waals surface area contributed by atoms with Crippen molar-refractivity contribution in [1.29, 1.82) is 0 Å². The first-order valence-corrected chi connectivity index (χ1v) is 8.77. The number of aliphatic imine (C=N–C) groups is 1. The summed E-state index contributed by atoms with van der Waals surface area (Å²) in [7, 11) is 4.31. The minimum atomic E-state index is 0. The maximum Gasteiger partial charge on any atom is 0.191 e. The SMILES string of the molecule is CCNC(=NCC1(N(C)C)CCOCC1)NCCCC(C)C.I. The van der Waals surface area contributed by atoms with Gasteiger partial charge in [0.15, 0.2) is 5.96 Å². The highest BCUT2D eigenvalue weighted by atomic mass is 127. The molecule has 23 heavy (non-hydrogen) atoms. The Bertz CT molecular complexity index is 329. The molecule has 0 saturated carbocycles. The molecule has 0 bridgehead atoms. The van der Waals surface area contributed by atoms with Crippen molar-refractivity contribution >= 4 is 29.9 Å². The summed E-state index contributed by atoms with van der Waals surface area (Å²) >= 11 is 0. The van der Waals surface area contributed by atoms with Gasteiger partial charge in [-0.2, -0.15) is 0 Å². The van der Waals surface area contributed by atoms with Gasteiger partial charge in [0, 0.05) is 31.8 Å². The van der Waals surface area contributed by atoms with Gasteiger partial charge in [-0.1, -0.05) is 13.8 Å². The maximum atomic E-state index is 5.52. The Labute approximate surface area is 160 Å². The molecule has 1 heterocycles. The number of ether oxygens (including phenoxy) is 1. The van der Waals surface area contributed by atoms with Gasteiger partial charge in [0.25, 0.3) is 0 Å². The fourth-order valence-corrected chi connectivity index (χ4v) is 2.78. The number of hydrogen-bond acceptors (Lipinski definition) is 3. The van der Waals surface area contributed by atoms with Gasteiger partial charge < -0.3 is 20.3 Å². The summed E-state index contributed by atoms with van der Waals surface area (Å²) in [6.07, 6.45) is 4.55. The van der Waals surface area contributed by atoms with E-state index in [0.29, 0.717) is 0 Å². The second kappa shape index (κ2) is 12.3. The van der Waals surface area contributed by atoms with Crippen molar-refractivity contribution in [3.63, 3.8) is 0 Å². The first-order valence-electron chi connectivity index (χ1n) is 8.77. The van der Waals surface area contributed by atoms with E-state index in [1.165, 1.54) is 12.8 Å². The molecule has 6 heteroatoms. The van der Waals surface area contributed by atoms with Crippen molar-refractivity contribution in [2.75, 3.05) is 46.9 Å². The summed E-state index contributed by atoms with van der Waals surface area (Å²) in [5.74, 6) is 1.71. The molecule has 0 aromatic carbocycles. The molecule has 0 aromatic heterocycles. The Balaban J connectivity index is 0.00000484. The van der Waals surface area contributed by atoms with E-state index in [1.807, 2.05) is 0 Å². The van der Waals surface area contributed by atoms with Gasteiger partial charge in [0.2, 0.25) is 0 Å². The van der Waals surface area contributed by atoms with Gasteiger partial charge in [-0.25, -0.2) is 0 Å². The van der Waals surface area contributed by atoms with Crippen LogP contribution < -0.4 is 10.6 Å². The molecule has 5 nitrogen and oxygen atoms in total. The minimum Gasteiger partial charge on any atom is -0.381 e. The van der Waals surface area contributed by atoms with Gasteiger partial charge in [-0.05, 0) is 52.6 Å². The van der Waals surface area contributed by atoms with E-state index in [9.17, 15) is 0 Å². The van der Waals surface area contributed by atoms with Gasteiger partial charge in [0.05, 0.1) is 6.54 Å². The average Bonchev–Trinajstić information content (AvgIpc) is 2.49. The van der Waals surface area contributed by atoms with Gasteiger partial charge >= 0.3 is 0 Å². The van der Waals surface area contributed by atoms with E-state index in [0.717, 1.165) is 57.6 Å². The van der Waals surface area contributed by atoms with Crippen LogP contribution in [0.5, 0.6) is 0 Å². The molecule has 0 spiro atoms. The zero-order chi connectivity index (χ0) is 16.4. The highest BCUT2D eigenvalue weighted by Crippen LogP contribution is 2.26. The number of nitrogens with zero attached hydrogens (tertiary/aromatic N) is 2. The zero-order valence-corrected chi connectivity index (χ0v) is 18.0. The second-order valence-corrected chi connectivity index (χ2v) is 6.89. The van der Waals surface area contributed by atoms with Crippen LogP contribution in [0.2, 0.25) is 0 Å². The van der Waals surface area contributed by atoms with Crippen molar-refractivity contribution in [3.05, 3.63) is 0 Å². The molecule has 0 aromatic rings. The summed E-state index contributed by atoms with van der Waals surface area (Å²) in [5.41, 5.74) is 0.137. The van der Waals surface area contributed by atoms with Crippen LogP contribution in [0, 0.1) is 5.92 Å². The van der Waals surface area contributed by atoms with Gasteiger partial charge in [0.1, 0.15) is 0 Å². The van der Waals surface area contributed by atoms with Crippen molar-refractivity contribution < 1.29 is 4.74 Å². The lowest BCUT2D eigenvalue weighted by Crippen LogP contribution is -2.51. The molecule has 0 aliphatic carbocycles. The summed E-state index contributed by atoms with van der Waals surface area (Å²) in [5, 5.41) is 6.82. The topological polar surface area (TPSA) is 48.9 Å². The standard InChI is InChI=1S/C17H36N4O.HI/c1-6-18-16(19-11-7-8-15(2)3)20-14-17(21(4)5)9-12-22-13-10-17;/h15H,6-14H2,1-5H3,(H2,18,19,20);1H. The van der Waals surface area contributed by atoms with Crippen molar-refractivity contribution in [3.8, 4) is 0 Å². The van der Waals surface area contributed by atoms with E-state index < -0.39 is 0 Å². The van der Waals surface area contributed by atoms with Crippen LogP contribution in [0.15, 0.2) is 4.99 Å². The number of rotatable bonds is 8. The lowest BCUT2D eigenvalue weighted by atomic mass is 9.89. The molecule has 1 rings (SSSR count). The van der Waals surface area contributed by atoms with Crippen LogP contribution in [0.1, 0.15) is 46.5 Å². The Morgan fingerprint density at radius 2 is 1.87 bits per heavy atom.